The molecule has 33 heavy (non-hydrogen) atoms. The van der Waals surface area contributed by atoms with Crippen molar-refractivity contribution in [2.75, 3.05) is 6.61 Å². The van der Waals surface area contributed by atoms with E-state index < -0.39 is 4.92 Å². The third-order valence-corrected chi connectivity index (χ3v) is 4.85. The number of nitro groups is 1. The van der Waals surface area contributed by atoms with E-state index in [1.54, 1.807) is 54.2 Å². The van der Waals surface area contributed by atoms with Crippen LogP contribution in [0.4, 0.5) is 11.4 Å². The zero-order valence-electron chi connectivity index (χ0n) is 17.8. The lowest BCUT2D eigenvalue weighted by atomic mass is 10.1. The molecule has 4 aromatic rings. The number of benzene rings is 3. The fourth-order valence-corrected chi connectivity index (χ4v) is 3.20. The molecule has 1 aromatic heterocycles. The molecule has 164 valence electrons. The second-order valence-electron chi connectivity index (χ2n) is 7.04. The number of non-ortho nitro benzene ring substituents is 1. The average Bonchev–Trinajstić information content (AvgIpc) is 3.28. The Morgan fingerprint density at radius 2 is 1.76 bits per heavy atom. The van der Waals surface area contributed by atoms with Gasteiger partial charge in [0.05, 0.1) is 28.5 Å². The van der Waals surface area contributed by atoms with Crippen molar-refractivity contribution in [1.82, 2.24) is 9.78 Å². The molecule has 0 bridgehead atoms. The van der Waals surface area contributed by atoms with Gasteiger partial charge in [0.15, 0.2) is 0 Å². The summed E-state index contributed by atoms with van der Waals surface area (Å²) in [5.41, 5.74) is 4.11. The summed E-state index contributed by atoms with van der Waals surface area (Å²) in [6.45, 7) is 2.07. The van der Waals surface area contributed by atoms with Gasteiger partial charge in [-0.25, -0.2) is 9.48 Å². The second kappa shape index (κ2) is 9.69. The molecule has 0 unspecified atom stereocenters. The topological polar surface area (TPSA) is 99.6 Å². The Labute approximate surface area is 189 Å². The molecule has 0 aliphatic carbocycles. The van der Waals surface area contributed by atoms with Crippen molar-refractivity contribution >= 4 is 23.6 Å². The third-order valence-electron chi connectivity index (χ3n) is 4.85. The van der Waals surface area contributed by atoms with E-state index >= 15 is 0 Å². The van der Waals surface area contributed by atoms with Gasteiger partial charge < -0.3 is 4.74 Å². The molecule has 0 aliphatic rings. The van der Waals surface area contributed by atoms with Gasteiger partial charge in [-0.05, 0) is 55.5 Å². The molecule has 4 rings (SSSR count). The monoisotopic (exact) mass is 440 g/mol. The van der Waals surface area contributed by atoms with Crippen molar-refractivity contribution < 1.29 is 14.5 Å². The summed E-state index contributed by atoms with van der Waals surface area (Å²) in [4.78, 5) is 26.9. The smallest absolute Gasteiger partial charge is 0.338 e. The maximum Gasteiger partial charge on any atom is 0.338 e. The Kier molecular flexibility index (Phi) is 6.36. The Morgan fingerprint density at radius 1 is 1.06 bits per heavy atom. The number of aromatic nitrogens is 2. The molecule has 0 fully saturated rings. The van der Waals surface area contributed by atoms with Crippen LogP contribution in [0.5, 0.6) is 0 Å². The van der Waals surface area contributed by atoms with Gasteiger partial charge in [0.1, 0.15) is 5.69 Å². The highest BCUT2D eigenvalue weighted by molar-refractivity contribution is 5.91. The molecule has 8 nitrogen and oxygen atoms in total. The summed E-state index contributed by atoms with van der Waals surface area (Å²) in [6.07, 6.45) is 3.53. The number of carbonyl (C=O) groups is 1. The van der Waals surface area contributed by atoms with E-state index in [2.05, 4.69) is 10.1 Å². The van der Waals surface area contributed by atoms with Crippen molar-refractivity contribution in [3.05, 3.63) is 106 Å². The number of esters is 1. The van der Waals surface area contributed by atoms with Crippen molar-refractivity contribution in [2.45, 2.75) is 6.92 Å². The third kappa shape index (κ3) is 5.01. The molecule has 0 saturated carbocycles. The van der Waals surface area contributed by atoms with Gasteiger partial charge in [0.25, 0.3) is 5.69 Å². The number of hydrogen-bond donors (Lipinski definition) is 0. The van der Waals surface area contributed by atoms with Crippen LogP contribution < -0.4 is 0 Å². The largest absolute Gasteiger partial charge is 0.462 e. The first-order valence-corrected chi connectivity index (χ1v) is 10.3. The lowest BCUT2D eigenvalue weighted by Gasteiger charge is -2.01. The summed E-state index contributed by atoms with van der Waals surface area (Å²) in [5.74, 6) is -0.377. The van der Waals surface area contributed by atoms with Gasteiger partial charge in [0, 0.05) is 35.7 Å². The Bertz CT molecular complexity index is 1290. The number of aliphatic imine (C=N–C) groups is 1. The van der Waals surface area contributed by atoms with Crippen LogP contribution in [0.3, 0.4) is 0 Å². The van der Waals surface area contributed by atoms with E-state index in [4.69, 9.17) is 4.74 Å². The number of nitro benzene ring substituents is 1. The molecular formula is C25H20N4O4. The molecule has 0 amide bonds. The van der Waals surface area contributed by atoms with Crippen LogP contribution in [0.1, 0.15) is 22.8 Å². The first-order chi connectivity index (χ1) is 16.0. The van der Waals surface area contributed by atoms with E-state index in [1.165, 1.54) is 12.1 Å². The lowest BCUT2D eigenvalue weighted by Crippen LogP contribution is -2.03. The molecule has 0 saturated heterocycles. The quantitative estimate of drug-likeness (QED) is 0.166. The average molecular weight is 440 g/mol. The molecular weight excluding hydrogens is 420 g/mol. The van der Waals surface area contributed by atoms with Gasteiger partial charge in [-0.1, -0.05) is 18.2 Å². The summed E-state index contributed by atoms with van der Waals surface area (Å²) in [5, 5.41) is 15.7. The van der Waals surface area contributed by atoms with Gasteiger partial charge in [-0.3, -0.25) is 15.1 Å². The molecule has 0 aliphatic heterocycles. The first-order valence-electron chi connectivity index (χ1n) is 10.3. The van der Waals surface area contributed by atoms with E-state index in [-0.39, 0.29) is 11.7 Å². The number of hydrogen-bond acceptors (Lipinski definition) is 6. The van der Waals surface area contributed by atoms with Gasteiger partial charge in [0.2, 0.25) is 0 Å². The second-order valence-corrected chi connectivity index (χ2v) is 7.04. The van der Waals surface area contributed by atoms with Crippen LogP contribution in [-0.4, -0.2) is 33.5 Å². The number of rotatable bonds is 7. The van der Waals surface area contributed by atoms with E-state index in [0.717, 1.165) is 16.8 Å². The minimum absolute atomic E-state index is 0.0122. The van der Waals surface area contributed by atoms with Crippen LogP contribution >= 0.6 is 0 Å². The summed E-state index contributed by atoms with van der Waals surface area (Å²) in [7, 11) is 0. The zero-order chi connectivity index (χ0) is 23.2. The number of ether oxygens (including phenoxy) is 1. The Morgan fingerprint density at radius 3 is 2.39 bits per heavy atom. The minimum atomic E-state index is -0.436. The number of para-hydroxylation sites is 1. The lowest BCUT2D eigenvalue weighted by molar-refractivity contribution is -0.384. The molecule has 3 aromatic carbocycles. The van der Waals surface area contributed by atoms with Crippen LogP contribution in [-0.2, 0) is 4.74 Å². The van der Waals surface area contributed by atoms with Crippen molar-refractivity contribution in [3.8, 4) is 16.9 Å². The van der Waals surface area contributed by atoms with E-state index in [1.807, 2.05) is 36.5 Å². The summed E-state index contributed by atoms with van der Waals surface area (Å²) >= 11 is 0. The van der Waals surface area contributed by atoms with Crippen molar-refractivity contribution in [3.63, 3.8) is 0 Å². The normalized spacial score (nSPS) is 10.9. The summed E-state index contributed by atoms with van der Waals surface area (Å²) < 4.78 is 6.74. The molecule has 0 spiro atoms. The van der Waals surface area contributed by atoms with Crippen LogP contribution in [0.2, 0.25) is 0 Å². The zero-order valence-corrected chi connectivity index (χ0v) is 17.8. The standard InChI is InChI=1S/C25H20N4O4/c1-2-33-25(30)19-8-12-21(13-9-19)26-16-20-17-28(22-6-4-3-5-7-22)27-24(20)18-10-14-23(15-11-18)29(31)32/h3-17H,2H2,1H3. The first kappa shape index (κ1) is 21.6. The highest BCUT2D eigenvalue weighted by Crippen LogP contribution is 2.25. The fraction of sp³-hybridized carbons (Fsp3) is 0.0800. The highest BCUT2D eigenvalue weighted by Gasteiger charge is 2.13. The predicted octanol–water partition coefficient (Wildman–Crippen LogP) is 5.37. The Balaban J connectivity index is 1.68. The van der Waals surface area contributed by atoms with Crippen LogP contribution in [0.25, 0.3) is 16.9 Å². The maximum absolute atomic E-state index is 11.8. The van der Waals surface area contributed by atoms with Crippen molar-refractivity contribution in [2.24, 2.45) is 4.99 Å². The number of carbonyl (C=O) groups excluding carboxylic acids is 1. The number of nitrogens with zero attached hydrogens (tertiary/aromatic N) is 4. The van der Waals surface area contributed by atoms with Crippen LogP contribution in [0.15, 0.2) is 90.1 Å². The molecule has 1 heterocycles. The van der Waals surface area contributed by atoms with Crippen LogP contribution in [0, 0.1) is 10.1 Å². The molecule has 0 atom stereocenters. The van der Waals surface area contributed by atoms with Gasteiger partial charge in [-0.15, -0.1) is 0 Å². The van der Waals surface area contributed by atoms with E-state index in [0.29, 0.717) is 23.6 Å². The molecule has 0 radical (unpaired) electrons. The SMILES string of the molecule is CCOC(=O)c1ccc(N=Cc2cn(-c3ccccc3)nc2-c2ccc([N+](=O)[O-])cc2)cc1. The maximum atomic E-state index is 11.8. The Hall–Kier alpha value is -4.59. The van der Waals surface area contributed by atoms with Crippen molar-refractivity contribution in [1.29, 1.82) is 0 Å². The minimum Gasteiger partial charge on any atom is -0.462 e. The summed E-state index contributed by atoms with van der Waals surface area (Å²) in [6, 6.07) is 22.6. The fourth-order valence-electron chi connectivity index (χ4n) is 3.20. The molecule has 8 heteroatoms. The van der Waals surface area contributed by atoms with E-state index in [9.17, 15) is 14.9 Å². The van der Waals surface area contributed by atoms with Gasteiger partial charge >= 0.3 is 5.97 Å². The molecule has 0 N–H and O–H groups in total. The highest BCUT2D eigenvalue weighted by atomic mass is 16.6. The van der Waals surface area contributed by atoms with Gasteiger partial charge in [-0.2, -0.15) is 5.10 Å². The predicted molar refractivity (Wildman–Crippen MR) is 125 cm³/mol.